The molecule has 7 nitrogen and oxygen atoms in total. The highest BCUT2D eigenvalue weighted by Gasteiger charge is 2.38. The number of fused-ring (bicyclic) bond motifs is 1. The molecule has 9 heteroatoms. The zero-order chi connectivity index (χ0) is 27.9. The number of carboxylic acids is 1. The standard InChI is InChI=1S/C31H41F2N3O4/c32-24-8-10-28(40-20-21-12-16-39-17-13-21)26(18-24)29(31(37)38)36-15-11-23(19-36)27(33)6-2-1-5-25-9-7-22-4-3-14-34-30(22)35-25/h7-10,18,21,23,27,29H,1-6,11-17,19-20H2,(H,34,35)(H,37,38). The molecule has 2 fully saturated rings. The van der Waals surface area contributed by atoms with E-state index in [9.17, 15) is 14.3 Å². The van der Waals surface area contributed by atoms with Crippen molar-refractivity contribution in [2.45, 2.75) is 70.0 Å². The summed E-state index contributed by atoms with van der Waals surface area (Å²) in [5.41, 5.74) is 2.59. The van der Waals surface area contributed by atoms with E-state index in [0.717, 1.165) is 63.0 Å². The third-order valence-corrected chi connectivity index (χ3v) is 8.56. The molecule has 4 heterocycles. The summed E-state index contributed by atoms with van der Waals surface area (Å²) in [4.78, 5) is 18.9. The molecular formula is C31H41F2N3O4. The van der Waals surface area contributed by atoms with Crippen molar-refractivity contribution >= 4 is 11.8 Å². The maximum absolute atomic E-state index is 15.3. The van der Waals surface area contributed by atoms with Crippen LogP contribution in [0.25, 0.3) is 0 Å². The normalized spacial score (nSPS) is 21.4. The van der Waals surface area contributed by atoms with Gasteiger partial charge in [0.1, 0.15) is 29.6 Å². The lowest BCUT2D eigenvalue weighted by Crippen LogP contribution is -2.34. The number of pyridine rings is 1. The van der Waals surface area contributed by atoms with Gasteiger partial charge in [0.2, 0.25) is 0 Å². The van der Waals surface area contributed by atoms with Crippen LogP contribution >= 0.6 is 0 Å². The number of aliphatic carboxylic acids is 1. The van der Waals surface area contributed by atoms with Crippen LogP contribution in [0, 0.1) is 17.7 Å². The van der Waals surface area contributed by atoms with E-state index >= 15 is 4.39 Å². The van der Waals surface area contributed by atoms with E-state index < -0.39 is 24.0 Å². The molecule has 0 aliphatic carbocycles. The summed E-state index contributed by atoms with van der Waals surface area (Å²) < 4.78 is 41.0. The second-order valence-corrected chi connectivity index (χ2v) is 11.4. The molecule has 3 atom stereocenters. The fourth-order valence-corrected chi connectivity index (χ4v) is 6.21. The Morgan fingerprint density at radius 1 is 1.20 bits per heavy atom. The fraction of sp³-hybridized carbons (Fsp3) is 0.613. The highest BCUT2D eigenvalue weighted by Crippen LogP contribution is 2.36. The van der Waals surface area contributed by atoms with Gasteiger partial charge in [0, 0.05) is 43.5 Å². The van der Waals surface area contributed by atoms with Crippen molar-refractivity contribution in [2.75, 3.05) is 44.8 Å². The van der Waals surface area contributed by atoms with E-state index in [0.29, 0.717) is 63.0 Å². The minimum absolute atomic E-state index is 0.243. The van der Waals surface area contributed by atoms with E-state index in [-0.39, 0.29) is 5.92 Å². The lowest BCUT2D eigenvalue weighted by atomic mass is 9.97. The Bertz CT molecular complexity index is 1140. The van der Waals surface area contributed by atoms with Gasteiger partial charge >= 0.3 is 5.97 Å². The van der Waals surface area contributed by atoms with E-state index in [2.05, 4.69) is 17.4 Å². The number of hydrogen-bond acceptors (Lipinski definition) is 6. The monoisotopic (exact) mass is 557 g/mol. The number of carbonyl (C=O) groups is 1. The van der Waals surface area contributed by atoms with Gasteiger partial charge in [-0.1, -0.05) is 12.5 Å². The number of hydrogen-bond donors (Lipinski definition) is 2. The smallest absolute Gasteiger partial charge is 0.325 e. The predicted octanol–water partition coefficient (Wildman–Crippen LogP) is 5.58. The Hall–Kier alpha value is -2.78. The molecule has 2 aromatic rings. The number of anilines is 1. The summed E-state index contributed by atoms with van der Waals surface area (Å²) in [5.74, 6) is -0.146. The number of likely N-dealkylation sites (tertiary alicyclic amines) is 1. The SMILES string of the molecule is O=C(O)C(c1cc(F)ccc1OCC1CCOCC1)N1CCC(C(F)CCCCc2ccc3c(n2)NCCC3)C1. The van der Waals surface area contributed by atoms with Gasteiger partial charge in [-0.25, -0.2) is 13.8 Å². The number of aryl methyl sites for hydroxylation is 2. The average Bonchev–Trinajstić information content (AvgIpc) is 3.45. The van der Waals surface area contributed by atoms with Crippen LogP contribution < -0.4 is 10.1 Å². The molecule has 3 unspecified atom stereocenters. The van der Waals surface area contributed by atoms with Crippen LogP contribution in [0.1, 0.15) is 67.8 Å². The molecule has 1 aromatic carbocycles. The molecule has 0 bridgehead atoms. The molecule has 0 spiro atoms. The minimum atomic E-state index is -1.08. The van der Waals surface area contributed by atoms with Crippen molar-refractivity contribution in [2.24, 2.45) is 11.8 Å². The van der Waals surface area contributed by atoms with Crippen molar-refractivity contribution in [1.29, 1.82) is 0 Å². The number of rotatable bonds is 12. The maximum atomic E-state index is 15.3. The number of carboxylic acid groups (broad SMARTS) is 1. The van der Waals surface area contributed by atoms with Crippen molar-refractivity contribution < 1.29 is 28.2 Å². The van der Waals surface area contributed by atoms with Crippen molar-refractivity contribution in [3.8, 4) is 5.75 Å². The molecule has 0 saturated carbocycles. The Morgan fingerprint density at radius 3 is 2.88 bits per heavy atom. The molecule has 1 aromatic heterocycles. The highest BCUT2D eigenvalue weighted by molar-refractivity contribution is 5.76. The first-order valence-electron chi connectivity index (χ1n) is 14.8. The van der Waals surface area contributed by atoms with Crippen molar-refractivity contribution in [1.82, 2.24) is 9.88 Å². The van der Waals surface area contributed by atoms with Gasteiger partial charge in [0.25, 0.3) is 0 Å². The van der Waals surface area contributed by atoms with E-state index in [4.69, 9.17) is 14.5 Å². The van der Waals surface area contributed by atoms with Crippen LogP contribution in [0.15, 0.2) is 30.3 Å². The topological polar surface area (TPSA) is 83.9 Å². The largest absolute Gasteiger partial charge is 0.493 e. The van der Waals surface area contributed by atoms with E-state index in [1.165, 1.54) is 23.8 Å². The predicted molar refractivity (Wildman–Crippen MR) is 149 cm³/mol. The summed E-state index contributed by atoms with van der Waals surface area (Å²) >= 11 is 0. The van der Waals surface area contributed by atoms with Gasteiger partial charge in [-0.2, -0.15) is 0 Å². The van der Waals surface area contributed by atoms with Gasteiger partial charge in [-0.15, -0.1) is 0 Å². The van der Waals surface area contributed by atoms with Crippen LogP contribution in [0.2, 0.25) is 0 Å². The number of alkyl halides is 1. The zero-order valence-corrected chi connectivity index (χ0v) is 23.1. The molecule has 40 heavy (non-hydrogen) atoms. The van der Waals surface area contributed by atoms with Crippen LogP contribution in [0.4, 0.5) is 14.6 Å². The van der Waals surface area contributed by atoms with Crippen LogP contribution in [0.3, 0.4) is 0 Å². The third-order valence-electron chi connectivity index (χ3n) is 8.56. The molecule has 2 saturated heterocycles. The minimum Gasteiger partial charge on any atom is -0.493 e. The maximum Gasteiger partial charge on any atom is 0.325 e. The summed E-state index contributed by atoms with van der Waals surface area (Å²) in [6.07, 6.45) is 6.39. The molecule has 3 aliphatic heterocycles. The fourth-order valence-electron chi connectivity index (χ4n) is 6.21. The highest BCUT2D eigenvalue weighted by atomic mass is 19.1. The number of nitrogens with zero attached hydrogens (tertiary/aromatic N) is 2. The molecular weight excluding hydrogens is 516 g/mol. The van der Waals surface area contributed by atoms with Crippen LogP contribution in [-0.2, 0) is 22.4 Å². The molecule has 0 amide bonds. The molecule has 3 aliphatic rings. The number of aromatic nitrogens is 1. The van der Waals surface area contributed by atoms with Gasteiger partial charge in [-0.05, 0) is 93.7 Å². The Labute approximate surface area is 235 Å². The number of nitrogens with one attached hydrogen (secondary N) is 1. The molecule has 5 rings (SSSR count). The van der Waals surface area contributed by atoms with Crippen LogP contribution in [0.5, 0.6) is 5.75 Å². The summed E-state index contributed by atoms with van der Waals surface area (Å²) in [6.45, 7) is 3.53. The molecule has 2 N–H and O–H groups in total. The quantitative estimate of drug-likeness (QED) is 0.330. The first-order chi connectivity index (χ1) is 19.5. The lowest BCUT2D eigenvalue weighted by molar-refractivity contribution is -0.143. The summed E-state index contributed by atoms with van der Waals surface area (Å²) in [7, 11) is 0. The van der Waals surface area contributed by atoms with Gasteiger partial charge < -0.3 is 19.9 Å². The zero-order valence-electron chi connectivity index (χ0n) is 23.1. The molecule has 0 radical (unpaired) electrons. The first-order valence-corrected chi connectivity index (χ1v) is 14.8. The Kier molecular flexibility index (Phi) is 9.86. The summed E-state index contributed by atoms with van der Waals surface area (Å²) in [5, 5.41) is 13.5. The number of halogens is 2. The van der Waals surface area contributed by atoms with Gasteiger partial charge in [0.15, 0.2) is 0 Å². The second-order valence-electron chi connectivity index (χ2n) is 11.4. The number of ether oxygens (including phenoxy) is 2. The lowest BCUT2D eigenvalue weighted by Gasteiger charge is -2.28. The Morgan fingerprint density at radius 2 is 2.05 bits per heavy atom. The third kappa shape index (κ3) is 7.29. The van der Waals surface area contributed by atoms with E-state index in [1.807, 2.05) is 0 Å². The van der Waals surface area contributed by atoms with E-state index in [1.54, 1.807) is 4.90 Å². The molecule has 218 valence electrons. The first kappa shape index (κ1) is 28.7. The van der Waals surface area contributed by atoms with Crippen LogP contribution in [-0.4, -0.2) is 66.6 Å². The van der Waals surface area contributed by atoms with Gasteiger partial charge in [-0.3, -0.25) is 9.69 Å². The van der Waals surface area contributed by atoms with Gasteiger partial charge in [0.05, 0.1) is 6.61 Å². The second kappa shape index (κ2) is 13.7. The average molecular weight is 558 g/mol. The summed E-state index contributed by atoms with van der Waals surface area (Å²) in [6, 6.07) is 7.20. The number of benzene rings is 1. The van der Waals surface area contributed by atoms with Crippen molar-refractivity contribution in [3.63, 3.8) is 0 Å². The number of unbranched alkanes of at least 4 members (excludes halogenated alkanes) is 1. The van der Waals surface area contributed by atoms with Crippen molar-refractivity contribution in [3.05, 3.63) is 53.0 Å². The Balaban J connectivity index is 1.14.